The predicted molar refractivity (Wildman–Crippen MR) is 122 cm³/mol. The van der Waals surface area contributed by atoms with E-state index in [1.165, 1.54) is 23.5 Å². The second-order valence-electron chi connectivity index (χ2n) is 7.74. The number of hydrogen-bond acceptors (Lipinski definition) is 5. The highest BCUT2D eigenvalue weighted by Crippen LogP contribution is 2.31. The number of aromatic nitrogens is 3. The average molecular weight is 454 g/mol. The third kappa shape index (κ3) is 3.98. The predicted octanol–water partition coefficient (Wildman–Crippen LogP) is 5.40. The van der Waals surface area contributed by atoms with Gasteiger partial charge in [-0.15, -0.1) is 11.3 Å². The zero-order chi connectivity index (χ0) is 23.0. The summed E-state index contributed by atoms with van der Waals surface area (Å²) in [6.07, 6.45) is 0.972. The van der Waals surface area contributed by atoms with Gasteiger partial charge in [-0.25, -0.2) is 13.9 Å². The lowest BCUT2D eigenvalue weighted by Gasteiger charge is -2.07. The zero-order valence-electron chi connectivity index (χ0n) is 18.4. The Bertz CT molecular complexity index is 1310. The third-order valence-electron chi connectivity index (χ3n) is 5.47. The van der Waals surface area contributed by atoms with Crippen LogP contribution in [0.3, 0.4) is 0 Å². The lowest BCUT2D eigenvalue weighted by molar-refractivity contribution is 0.0479. The van der Waals surface area contributed by atoms with Crippen LogP contribution in [-0.2, 0) is 11.3 Å². The van der Waals surface area contributed by atoms with Gasteiger partial charge in [-0.1, -0.05) is 6.92 Å². The van der Waals surface area contributed by atoms with Crippen LogP contribution in [0.15, 0.2) is 36.4 Å². The van der Waals surface area contributed by atoms with E-state index in [9.17, 15) is 14.0 Å². The number of halogens is 1. The van der Waals surface area contributed by atoms with E-state index in [4.69, 9.17) is 4.74 Å². The molecule has 0 spiro atoms. The number of nitrogens with zero attached hydrogens (tertiary/aromatic N) is 3. The van der Waals surface area contributed by atoms with Crippen molar-refractivity contribution in [2.24, 2.45) is 0 Å². The Hall–Kier alpha value is -3.26. The molecule has 4 aromatic rings. The van der Waals surface area contributed by atoms with E-state index in [1.807, 2.05) is 26.8 Å². The van der Waals surface area contributed by atoms with Gasteiger partial charge in [0.1, 0.15) is 15.5 Å². The molecule has 8 heteroatoms. The summed E-state index contributed by atoms with van der Waals surface area (Å²) in [5.74, 6) is -1.10. The first-order valence-corrected chi connectivity index (χ1v) is 11.2. The fraction of sp³-hybridized carbons (Fsp3) is 0.292. The summed E-state index contributed by atoms with van der Waals surface area (Å²) < 4.78 is 22.4. The molecule has 4 rings (SSSR count). The first-order chi connectivity index (χ1) is 15.3. The molecule has 0 aliphatic heterocycles. The van der Waals surface area contributed by atoms with Crippen LogP contribution < -0.4 is 0 Å². The van der Waals surface area contributed by atoms with E-state index in [2.05, 4.69) is 16.6 Å². The molecule has 3 aromatic heterocycles. The summed E-state index contributed by atoms with van der Waals surface area (Å²) in [5.41, 5.74) is 3.94. The summed E-state index contributed by atoms with van der Waals surface area (Å²) in [7, 11) is 0. The number of esters is 1. The van der Waals surface area contributed by atoms with Gasteiger partial charge in [-0.05, 0) is 63.6 Å². The van der Waals surface area contributed by atoms with Crippen molar-refractivity contribution in [3.05, 3.63) is 69.7 Å². The number of fused-ring (bicyclic) bond motifs is 1. The molecule has 0 amide bonds. The summed E-state index contributed by atoms with van der Waals surface area (Å²) in [6.45, 7) is 8.34. The van der Waals surface area contributed by atoms with Gasteiger partial charge in [0.2, 0.25) is 5.78 Å². The van der Waals surface area contributed by atoms with Crippen molar-refractivity contribution in [1.29, 1.82) is 0 Å². The van der Waals surface area contributed by atoms with Crippen LogP contribution in [0.25, 0.3) is 15.9 Å². The van der Waals surface area contributed by atoms with Gasteiger partial charge >= 0.3 is 5.97 Å². The van der Waals surface area contributed by atoms with Gasteiger partial charge in [0.05, 0.1) is 11.4 Å². The van der Waals surface area contributed by atoms with E-state index < -0.39 is 5.97 Å². The molecule has 1 aromatic carbocycles. The lowest BCUT2D eigenvalue weighted by atomic mass is 10.1. The number of ketones is 1. The van der Waals surface area contributed by atoms with Crippen molar-refractivity contribution in [2.75, 3.05) is 6.61 Å². The Kier molecular flexibility index (Phi) is 5.97. The van der Waals surface area contributed by atoms with Gasteiger partial charge in [-0.3, -0.25) is 4.79 Å². The van der Waals surface area contributed by atoms with E-state index in [0.717, 1.165) is 40.3 Å². The van der Waals surface area contributed by atoms with Crippen molar-refractivity contribution >= 4 is 33.3 Å². The minimum atomic E-state index is -0.549. The molecule has 0 radical (unpaired) electrons. The van der Waals surface area contributed by atoms with E-state index in [1.54, 1.807) is 22.9 Å². The van der Waals surface area contributed by atoms with E-state index >= 15 is 0 Å². The lowest BCUT2D eigenvalue weighted by Crippen LogP contribution is -2.14. The number of ether oxygens (including phenoxy) is 1. The number of thiophene rings is 1. The second-order valence-corrected chi connectivity index (χ2v) is 8.77. The molecule has 166 valence electrons. The van der Waals surface area contributed by atoms with E-state index in [0.29, 0.717) is 16.1 Å². The average Bonchev–Trinajstić information content (AvgIpc) is 3.42. The normalized spacial score (nSPS) is 11.3. The molecule has 6 nitrogen and oxygen atoms in total. The number of hydrogen-bond donors (Lipinski definition) is 0. The highest BCUT2D eigenvalue weighted by Gasteiger charge is 2.21. The zero-order valence-corrected chi connectivity index (χ0v) is 19.3. The van der Waals surface area contributed by atoms with Crippen LogP contribution in [0.2, 0.25) is 0 Å². The molecule has 0 saturated carbocycles. The number of benzene rings is 1. The fourth-order valence-corrected chi connectivity index (χ4v) is 4.91. The second kappa shape index (κ2) is 8.70. The largest absolute Gasteiger partial charge is 0.453 e. The van der Waals surface area contributed by atoms with Crippen molar-refractivity contribution in [1.82, 2.24) is 14.3 Å². The minimum Gasteiger partial charge on any atom is -0.453 e. The molecule has 0 aliphatic rings. The Morgan fingerprint density at radius 1 is 1.12 bits per heavy atom. The molecule has 0 bridgehead atoms. The van der Waals surface area contributed by atoms with Crippen molar-refractivity contribution in [2.45, 2.75) is 40.7 Å². The maximum absolute atomic E-state index is 13.3. The Labute approximate surface area is 189 Å². The summed E-state index contributed by atoms with van der Waals surface area (Å²) in [5, 5.41) is 5.32. The number of Topliss-reactive ketones (excluding diaryl/α,β-unsaturated/α-hetero) is 1. The highest BCUT2D eigenvalue weighted by molar-refractivity contribution is 7.20. The molecule has 32 heavy (non-hydrogen) atoms. The van der Waals surface area contributed by atoms with Crippen LogP contribution in [0.1, 0.15) is 50.5 Å². The fourth-order valence-electron chi connectivity index (χ4n) is 3.84. The quantitative estimate of drug-likeness (QED) is 0.277. The van der Waals surface area contributed by atoms with Gasteiger partial charge in [0, 0.05) is 28.9 Å². The van der Waals surface area contributed by atoms with Crippen LogP contribution in [0.5, 0.6) is 0 Å². The Balaban J connectivity index is 1.52. The molecule has 0 aliphatic carbocycles. The Morgan fingerprint density at radius 2 is 1.84 bits per heavy atom. The smallest absolute Gasteiger partial charge is 0.348 e. The van der Waals surface area contributed by atoms with E-state index in [-0.39, 0.29) is 18.2 Å². The third-order valence-corrected chi connectivity index (χ3v) is 6.56. The topological polar surface area (TPSA) is 66.1 Å². The monoisotopic (exact) mass is 453 g/mol. The van der Waals surface area contributed by atoms with Gasteiger partial charge in [0.15, 0.2) is 6.61 Å². The molecule has 0 saturated heterocycles. The summed E-state index contributed by atoms with van der Waals surface area (Å²) in [4.78, 5) is 26.5. The van der Waals surface area contributed by atoms with Gasteiger partial charge in [-0.2, -0.15) is 5.10 Å². The SMILES string of the molecule is CCCn1c(C)cc(C(=O)COC(=O)c2cc3c(C)nn(-c4ccc(F)cc4)c3s2)c1C. The Morgan fingerprint density at radius 3 is 2.53 bits per heavy atom. The number of aryl methyl sites for hydroxylation is 2. The van der Waals surface area contributed by atoms with Gasteiger partial charge in [0.25, 0.3) is 0 Å². The maximum Gasteiger partial charge on any atom is 0.348 e. The molecular formula is C24H24FN3O3S. The van der Waals surface area contributed by atoms with Crippen LogP contribution in [0, 0.1) is 26.6 Å². The molecule has 0 unspecified atom stereocenters. The molecule has 3 heterocycles. The van der Waals surface area contributed by atoms with Gasteiger partial charge < -0.3 is 9.30 Å². The first-order valence-electron chi connectivity index (χ1n) is 10.4. The van der Waals surface area contributed by atoms with Crippen molar-refractivity contribution in [3.8, 4) is 5.69 Å². The van der Waals surface area contributed by atoms with Crippen LogP contribution in [-0.4, -0.2) is 32.7 Å². The summed E-state index contributed by atoms with van der Waals surface area (Å²) in [6, 6.07) is 9.57. The number of carbonyl (C=O) groups is 2. The first kappa shape index (κ1) is 22.0. The standard InChI is InChI=1S/C24H24FN3O3S/c1-5-10-27-14(2)11-20(16(27)4)21(29)13-31-24(30)22-12-19-15(3)26-28(23(19)32-22)18-8-6-17(25)7-9-18/h6-9,11-12H,5,10,13H2,1-4H3. The van der Waals surface area contributed by atoms with Crippen LogP contribution in [0.4, 0.5) is 4.39 Å². The molecule has 0 N–H and O–H groups in total. The van der Waals surface area contributed by atoms with Crippen molar-refractivity contribution < 1.29 is 18.7 Å². The molecule has 0 fully saturated rings. The van der Waals surface area contributed by atoms with Crippen LogP contribution >= 0.6 is 11.3 Å². The molecule has 0 atom stereocenters. The molecular weight excluding hydrogens is 429 g/mol. The number of carbonyl (C=O) groups excluding carboxylic acids is 2. The number of rotatable bonds is 7. The highest BCUT2D eigenvalue weighted by atomic mass is 32.1. The summed E-state index contributed by atoms with van der Waals surface area (Å²) >= 11 is 1.23. The van der Waals surface area contributed by atoms with Crippen molar-refractivity contribution in [3.63, 3.8) is 0 Å². The minimum absolute atomic E-state index is 0.219. The maximum atomic E-state index is 13.3.